The number of benzene rings is 1. The summed E-state index contributed by atoms with van der Waals surface area (Å²) >= 11 is 0. The molecule has 0 saturated heterocycles. The number of fused-ring (bicyclic) bond motifs is 1. The van der Waals surface area contributed by atoms with Crippen LogP contribution in [-0.2, 0) is 16.6 Å². The summed E-state index contributed by atoms with van der Waals surface area (Å²) in [6.07, 6.45) is 0.979. The molecule has 2 N–H and O–H groups in total. The lowest BCUT2D eigenvalue weighted by Gasteiger charge is -2.16. The van der Waals surface area contributed by atoms with E-state index in [0.717, 1.165) is 23.0 Å². The van der Waals surface area contributed by atoms with Gasteiger partial charge in [-0.3, -0.25) is 4.79 Å². The van der Waals surface area contributed by atoms with E-state index in [1.165, 1.54) is 5.56 Å². The van der Waals surface area contributed by atoms with Gasteiger partial charge in [0.05, 0.1) is 0 Å². The van der Waals surface area contributed by atoms with Crippen LogP contribution in [0.5, 0.6) is 0 Å². The third-order valence-corrected chi connectivity index (χ3v) is 3.30. The standard InChI is InChI=1S/C14H17NO2/c1-4-9-5-6-10-8-12(15-11(10)7-9)14(2,3)13(16)17/h5-8,15H,4H2,1-3H3,(H,16,17). The van der Waals surface area contributed by atoms with Crippen molar-refractivity contribution >= 4 is 16.9 Å². The molecule has 3 nitrogen and oxygen atoms in total. The van der Waals surface area contributed by atoms with E-state index in [9.17, 15) is 9.90 Å². The number of aromatic amines is 1. The van der Waals surface area contributed by atoms with Crippen LogP contribution in [0.3, 0.4) is 0 Å². The fourth-order valence-electron chi connectivity index (χ4n) is 1.85. The van der Waals surface area contributed by atoms with Crippen LogP contribution in [0.25, 0.3) is 10.9 Å². The topological polar surface area (TPSA) is 53.1 Å². The van der Waals surface area contributed by atoms with E-state index in [2.05, 4.69) is 24.0 Å². The molecule has 0 atom stereocenters. The highest BCUT2D eigenvalue weighted by Crippen LogP contribution is 2.27. The summed E-state index contributed by atoms with van der Waals surface area (Å²) in [7, 11) is 0. The summed E-state index contributed by atoms with van der Waals surface area (Å²) in [5, 5.41) is 10.3. The molecule has 1 aromatic carbocycles. The van der Waals surface area contributed by atoms with Crippen molar-refractivity contribution in [1.29, 1.82) is 0 Å². The van der Waals surface area contributed by atoms with Crippen molar-refractivity contribution in [2.45, 2.75) is 32.6 Å². The molecule has 0 radical (unpaired) electrons. The second kappa shape index (κ2) is 3.91. The van der Waals surface area contributed by atoms with Gasteiger partial charge in [0, 0.05) is 11.2 Å². The Bertz CT molecular complexity index is 567. The number of H-pyrrole nitrogens is 1. The zero-order chi connectivity index (χ0) is 12.6. The Labute approximate surface area is 100 Å². The Kier molecular flexibility index (Phi) is 2.69. The average Bonchev–Trinajstić information content (AvgIpc) is 2.71. The van der Waals surface area contributed by atoms with Crippen molar-refractivity contribution in [3.63, 3.8) is 0 Å². The minimum Gasteiger partial charge on any atom is -0.481 e. The Hall–Kier alpha value is -1.77. The van der Waals surface area contributed by atoms with Crippen molar-refractivity contribution in [3.8, 4) is 0 Å². The Morgan fingerprint density at radius 2 is 2.06 bits per heavy atom. The van der Waals surface area contributed by atoms with Crippen molar-refractivity contribution < 1.29 is 9.90 Å². The molecule has 0 spiro atoms. The third-order valence-electron chi connectivity index (χ3n) is 3.30. The summed E-state index contributed by atoms with van der Waals surface area (Å²) in [5.74, 6) is -0.820. The van der Waals surface area contributed by atoms with Gasteiger partial charge < -0.3 is 10.1 Å². The number of hydrogen-bond donors (Lipinski definition) is 2. The lowest BCUT2D eigenvalue weighted by atomic mass is 9.90. The van der Waals surface area contributed by atoms with Crippen LogP contribution in [0.1, 0.15) is 32.0 Å². The molecule has 0 amide bonds. The molecule has 2 rings (SSSR count). The second-order valence-electron chi connectivity index (χ2n) is 4.89. The molecule has 0 aliphatic heterocycles. The lowest BCUT2D eigenvalue weighted by molar-refractivity contribution is -0.142. The minimum absolute atomic E-state index is 0.744. The van der Waals surface area contributed by atoms with Gasteiger partial charge in [0.2, 0.25) is 0 Å². The van der Waals surface area contributed by atoms with Gasteiger partial charge in [-0.05, 0) is 43.4 Å². The first kappa shape index (κ1) is 11.7. The van der Waals surface area contributed by atoms with Crippen molar-refractivity contribution in [2.24, 2.45) is 0 Å². The van der Waals surface area contributed by atoms with E-state index in [1.54, 1.807) is 13.8 Å². The molecule has 1 heterocycles. The van der Waals surface area contributed by atoms with Gasteiger partial charge >= 0.3 is 5.97 Å². The van der Waals surface area contributed by atoms with E-state index in [0.29, 0.717) is 0 Å². The zero-order valence-electron chi connectivity index (χ0n) is 10.4. The third kappa shape index (κ3) is 1.93. The van der Waals surface area contributed by atoms with Gasteiger partial charge in [-0.25, -0.2) is 0 Å². The van der Waals surface area contributed by atoms with Crippen LogP contribution in [-0.4, -0.2) is 16.1 Å². The number of carboxylic acid groups (broad SMARTS) is 1. The quantitative estimate of drug-likeness (QED) is 0.852. The van der Waals surface area contributed by atoms with Gasteiger partial charge in [0.15, 0.2) is 0 Å². The van der Waals surface area contributed by atoms with E-state index >= 15 is 0 Å². The molecule has 3 heteroatoms. The van der Waals surface area contributed by atoms with Crippen LogP contribution in [0.4, 0.5) is 0 Å². The summed E-state index contributed by atoms with van der Waals surface area (Å²) in [5.41, 5.74) is 2.12. The molecule has 0 saturated carbocycles. The number of rotatable bonds is 3. The molecule has 0 aliphatic rings. The van der Waals surface area contributed by atoms with Gasteiger partial charge in [-0.2, -0.15) is 0 Å². The maximum atomic E-state index is 11.2. The number of carbonyl (C=O) groups is 1. The molecule has 2 aromatic rings. The fourth-order valence-corrected chi connectivity index (χ4v) is 1.85. The molecule has 0 fully saturated rings. The number of hydrogen-bond acceptors (Lipinski definition) is 1. The smallest absolute Gasteiger partial charge is 0.315 e. The molecule has 0 unspecified atom stereocenters. The van der Waals surface area contributed by atoms with Crippen LogP contribution < -0.4 is 0 Å². The monoisotopic (exact) mass is 231 g/mol. The second-order valence-corrected chi connectivity index (χ2v) is 4.89. The first-order valence-corrected chi connectivity index (χ1v) is 5.80. The highest BCUT2D eigenvalue weighted by Gasteiger charge is 2.31. The normalized spacial score (nSPS) is 11.9. The lowest BCUT2D eigenvalue weighted by Crippen LogP contribution is -2.28. The van der Waals surface area contributed by atoms with Crippen LogP contribution in [0.2, 0.25) is 0 Å². The van der Waals surface area contributed by atoms with E-state index in [1.807, 2.05) is 12.1 Å². The van der Waals surface area contributed by atoms with Gasteiger partial charge in [0.25, 0.3) is 0 Å². The number of nitrogens with one attached hydrogen (secondary N) is 1. The van der Waals surface area contributed by atoms with Crippen molar-refractivity contribution in [2.75, 3.05) is 0 Å². The molecule has 0 bridgehead atoms. The Morgan fingerprint density at radius 1 is 1.35 bits per heavy atom. The molecular formula is C14H17NO2. The van der Waals surface area contributed by atoms with Gasteiger partial charge in [0.1, 0.15) is 5.41 Å². The predicted molar refractivity (Wildman–Crippen MR) is 68.3 cm³/mol. The molecule has 17 heavy (non-hydrogen) atoms. The molecule has 90 valence electrons. The maximum Gasteiger partial charge on any atom is 0.315 e. The number of aryl methyl sites for hydroxylation is 1. The number of aliphatic carboxylic acids is 1. The zero-order valence-corrected chi connectivity index (χ0v) is 10.4. The van der Waals surface area contributed by atoms with Crippen molar-refractivity contribution in [1.82, 2.24) is 4.98 Å². The molecule has 1 aromatic heterocycles. The highest BCUT2D eigenvalue weighted by atomic mass is 16.4. The number of aromatic nitrogens is 1. The Morgan fingerprint density at radius 3 is 2.65 bits per heavy atom. The predicted octanol–water partition coefficient (Wildman–Crippen LogP) is 3.09. The van der Waals surface area contributed by atoms with Crippen LogP contribution >= 0.6 is 0 Å². The first-order chi connectivity index (χ1) is 7.95. The minimum atomic E-state index is -0.884. The molecule has 0 aliphatic carbocycles. The van der Waals surface area contributed by atoms with Gasteiger partial charge in [-0.1, -0.05) is 19.1 Å². The summed E-state index contributed by atoms with van der Waals surface area (Å²) in [6.45, 7) is 5.52. The van der Waals surface area contributed by atoms with E-state index in [-0.39, 0.29) is 0 Å². The fraction of sp³-hybridized carbons (Fsp3) is 0.357. The largest absolute Gasteiger partial charge is 0.481 e. The van der Waals surface area contributed by atoms with Crippen LogP contribution in [0.15, 0.2) is 24.3 Å². The average molecular weight is 231 g/mol. The van der Waals surface area contributed by atoms with E-state index in [4.69, 9.17) is 0 Å². The van der Waals surface area contributed by atoms with Gasteiger partial charge in [-0.15, -0.1) is 0 Å². The SMILES string of the molecule is CCc1ccc2cc(C(C)(C)C(=O)O)[nH]c2c1. The summed E-state index contributed by atoms with van der Waals surface area (Å²) < 4.78 is 0. The molecular weight excluding hydrogens is 214 g/mol. The number of carboxylic acids is 1. The van der Waals surface area contributed by atoms with E-state index < -0.39 is 11.4 Å². The van der Waals surface area contributed by atoms with Crippen LogP contribution in [0, 0.1) is 0 Å². The summed E-state index contributed by atoms with van der Waals surface area (Å²) in [6, 6.07) is 8.11. The Balaban J connectivity index is 2.55. The maximum absolute atomic E-state index is 11.2. The van der Waals surface area contributed by atoms with Crippen molar-refractivity contribution in [3.05, 3.63) is 35.5 Å². The summed E-state index contributed by atoms with van der Waals surface area (Å²) in [4.78, 5) is 14.4. The highest BCUT2D eigenvalue weighted by molar-refractivity contribution is 5.86. The first-order valence-electron chi connectivity index (χ1n) is 5.80.